The van der Waals surface area contributed by atoms with Crippen LogP contribution in [-0.2, 0) is 9.59 Å². The van der Waals surface area contributed by atoms with Gasteiger partial charge in [0.2, 0.25) is 11.6 Å². The number of rotatable bonds is 4. The van der Waals surface area contributed by atoms with E-state index in [0.29, 0.717) is 11.3 Å². The summed E-state index contributed by atoms with van der Waals surface area (Å²) in [5.41, 5.74) is 0.943. The third kappa shape index (κ3) is 2.34. The normalized spacial score (nSPS) is 13.7. The van der Waals surface area contributed by atoms with E-state index in [2.05, 4.69) is 0 Å². The molecule has 0 saturated carbocycles. The SMILES string of the molecule is COc1cc2c(c(OC)c1)C(=O)C(=O)C(CC(C)=O)=C2. The monoisotopic (exact) mass is 274 g/mol. The first kappa shape index (κ1) is 14.0. The second-order valence-corrected chi connectivity index (χ2v) is 4.50. The predicted octanol–water partition coefficient (Wildman–Crippen LogP) is 1.83. The standard InChI is InChI=1S/C15H14O5/c1-8(16)4-10-5-9-6-11(19-2)7-12(20-3)13(9)15(18)14(10)17/h5-7H,4H2,1-3H3. The molecule has 20 heavy (non-hydrogen) atoms. The van der Waals surface area contributed by atoms with E-state index >= 15 is 0 Å². The van der Waals surface area contributed by atoms with Gasteiger partial charge in [-0.3, -0.25) is 14.4 Å². The van der Waals surface area contributed by atoms with E-state index in [4.69, 9.17) is 9.47 Å². The molecule has 2 rings (SSSR count). The number of hydrogen-bond donors (Lipinski definition) is 0. The minimum Gasteiger partial charge on any atom is -0.497 e. The highest BCUT2D eigenvalue weighted by Gasteiger charge is 2.31. The number of fused-ring (bicyclic) bond motifs is 1. The van der Waals surface area contributed by atoms with Crippen molar-refractivity contribution < 1.29 is 23.9 Å². The van der Waals surface area contributed by atoms with E-state index < -0.39 is 11.6 Å². The minimum absolute atomic E-state index is 0.0520. The smallest absolute Gasteiger partial charge is 0.237 e. The lowest BCUT2D eigenvalue weighted by Gasteiger charge is -2.17. The average molecular weight is 274 g/mol. The number of methoxy groups -OCH3 is 2. The number of carbonyl (C=O) groups is 3. The lowest BCUT2D eigenvalue weighted by atomic mass is 9.87. The predicted molar refractivity (Wildman–Crippen MR) is 72.2 cm³/mol. The molecule has 0 heterocycles. The summed E-state index contributed by atoms with van der Waals surface area (Å²) in [6, 6.07) is 3.19. The topological polar surface area (TPSA) is 69.7 Å². The van der Waals surface area contributed by atoms with Gasteiger partial charge in [-0.1, -0.05) is 0 Å². The Bertz CT molecular complexity index is 640. The molecule has 0 bridgehead atoms. The van der Waals surface area contributed by atoms with Crippen molar-refractivity contribution in [3.8, 4) is 11.5 Å². The van der Waals surface area contributed by atoms with Crippen LogP contribution in [0.25, 0.3) is 6.08 Å². The average Bonchev–Trinajstić information content (AvgIpc) is 2.42. The number of benzene rings is 1. The quantitative estimate of drug-likeness (QED) is 0.783. The molecule has 0 radical (unpaired) electrons. The number of Topliss-reactive ketones (excluding diaryl/α,β-unsaturated/α-hetero) is 3. The molecule has 0 fully saturated rings. The Morgan fingerprint density at radius 1 is 1.10 bits per heavy atom. The Hall–Kier alpha value is -2.43. The maximum atomic E-state index is 12.2. The fourth-order valence-corrected chi connectivity index (χ4v) is 2.16. The fourth-order valence-electron chi connectivity index (χ4n) is 2.16. The summed E-state index contributed by atoms with van der Waals surface area (Å²) in [4.78, 5) is 35.3. The first-order chi connectivity index (χ1) is 9.47. The van der Waals surface area contributed by atoms with Crippen LogP contribution in [0.15, 0.2) is 17.7 Å². The zero-order chi connectivity index (χ0) is 14.9. The summed E-state index contributed by atoms with van der Waals surface area (Å²) in [5.74, 6) is -0.679. The van der Waals surface area contributed by atoms with Crippen LogP contribution in [0, 0.1) is 0 Å². The van der Waals surface area contributed by atoms with Gasteiger partial charge in [-0.25, -0.2) is 0 Å². The molecular formula is C15H14O5. The molecule has 5 nitrogen and oxygen atoms in total. The summed E-state index contributed by atoms with van der Waals surface area (Å²) in [6.07, 6.45) is 1.50. The van der Waals surface area contributed by atoms with Crippen molar-refractivity contribution in [2.24, 2.45) is 0 Å². The van der Waals surface area contributed by atoms with E-state index in [0.717, 1.165) is 0 Å². The van der Waals surface area contributed by atoms with Crippen LogP contribution in [0.3, 0.4) is 0 Å². The van der Waals surface area contributed by atoms with Crippen LogP contribution in [0.2, 0.25) is 0 Å². The number of carbonyl (C=O) groups excluding carboxylic acids is 3. The summed E-state index contributed by atoms with van der Waals surface area (Å²) in [5, 5.41) is 0. The first-order valence-corrected chi connectivity index (χ1v) is 6.03. The zero-order valence-corrected chi connectivity index (χ0v) is 11.5. The molecular weight excluding hydrogens is 260 g/mol. The zero-order valence-electron chi connectivity index (χ0n) is 11.5. The van der Waals surface area contributed by atoms with Crippen molar-refractivity contribution in [3.63, 3.8) is 0 Å². The maximum Gasteiger partial charge on any atom is 0.237 e. The Kier molecular flexibility index (Phi) is 3.70. The van der Waals surface area contributed by atoms with Gasteiger partial charge in [-0.15, -0.1) is 0 Å². The van der Waals surface area contributed by atoms with Crippen LogP contribution >= 0.6 is 0 Å². The number of hydrogen-bond acceptors (Lipinski definition) is 5. The molecule has 1 aliphatic carbocycles. The van der Waals surface area contributed by atoms with Crippen molar-refractivity contribution in [1.29, 1.82) is 0 Å². The van der Waals surface area contributed by atoms with Gasteiger partial charge < -0.3 is 9.47 Å². The Morgan fingerprint density at radius 2 is 1.80 bits per heavy atom. The number of ketones is 3. The molecule has 0 unspecified atom stereocenters. The molecule has 0 saturated heterocycles. The van der Waals surface area contributed by atoms with Gasteiger partial charge in [0, 0.05) is 18.1 Å². The maximum absolute atomic E-state index is 12.2. The second kappa shape index (κ2) is 5.28. The molecule has 5 heteroatoms. The highest BCUT2D eigenvalue weighted by molar-refractivity contribution is 6.52. The lowest BCUT2D eigenvalue weighted by Crippen LogP contribution is -2.23. The van der Waals surface area contributed by atoms with Crippen molar-refractivity contribution >= 4 is 23.4 Å². The molecule has 0 aliphatic heterocycles. The largest absolute Gasteiger partial charge is 0.497 e. The van der Waals surface area contributed by atoms with Gasteiger partial charge >= 0.3 is 0 Å². The second-order valence-electron chi connectivity index (χ2n) is 4.50. The molecule has 0 spiro atoms. The van der Waals surface area contributed by atoms with Crippen LogP contribution in [0.1, 0.15) is 29.3 Å². The lowest BCUT2D eigenvalue weighted by molar-refractivity contribution is -0.118. The molecule has 1 aromatic rings. The van der Waals surface area contributed by atoms with Crippen LogP contribution in [0.5, 0.6) is 11.5 Å². The van der Waals surface area contributed by atoms with Crippen LogP contribution in [0.4, 0.5) is 0 Å². The van der Waals surface area contributed by atoms with E-state index in [9.17, 15) is 14.4 Å². The van der Waals surface area contributed by atoms with Crippen molar-refractivity contribution in [2.75, 3.05) is 14.2 Å². The van der Waals surface area contributed by atoms with E-state index in [-0.39, 0.29) is 29.1 Å². The molecule has 0 amide bonds. The van der Waals surface area contributed by atoms with Crippen molar-refractivity contribution in [1.82, 2.24) is 0 Å². The summed E-state index contributed by atoms with van der Waals surface area (Å²) in [7, 11) is 2.92. The van der Waals surface area contributed by atoms with Gasteiger partial charge in [-0.05, 0) is 24.6 Å². The third-order valence-corrected chi connectivity index (χ3v) is 3.06. The minimum atomic E-state index is -0.656. The molecule has 104 valence electrons. The molecule has 0 atom stereocenters. The van der Waals surface area contributed by atoms with Crippen molar-refractivity contribution in [3.05, 3.63) is 28.8 Å². The Balaban J connectivity index is 2.64. The first-order valence-electron chi connectivity index (χ1n) is 6.03. The fraction of sp³-hybridized carbons (Fsp3) is 0.267. The molecule has 0 aromatic heterocycles. The van der Waals surface area contributed by atoms with E-state index in [1.165, 1.54) is 21.1 Å². The molecule has 1 aromatic carbocycles. The summed E-state index contributed by atoms with van der Waals surface area (Å²) >= 11 is 0. The van der Waals surface area contributed by atoms with Gasteiger partial charge in [-0.2, -0.15) is 0 Å². The van der Waals surface area contributed by atoms with Crippen LogP contribution in [-0.4, -0.2) is 31.6 Å². The Labute approximate surface area is 116 Å². The number of allylic oxidation sites excluding steroid dienone is 1. The highest BCUT2D eigenvalue weighted by atomic mass is 16.5. The Morgan fingerprint density at radius 3 is 2.35 bits per heavy atom. The van der Waals surface area contributed by atoms with Gasteiger partial charge in [0.25, 0.3) is 0 Å². The van der Waals surface area contributed by atoms with E-state index in [1.54, 1.807) is 18.2 Å². The van der Waals surface area contributed by atoms with Gasteiger partial charge in [0.05, 0.1) is 19.8 Å². The van der Waals surface area contributed by atoms with Gasteiger partial charge in [0.15, 0.2) is 0 Å². The molecule has 0 N–H and O–H groups in total. The van der Waals surface area contributed by atoms with Crippen molar-refractivity contribution in [2.45, 2.75) is 13.3 Å². The summed E-state index contributed by atoms with van der Waals surface area (Å²) in [6.45, 7) is 1.38. The summed E-state index contributed by atoms with van der Waals surface area (Å²) < 4.78 is 10.3. The van der Waals surface area contributed by atoms with E-state index in [1.807, 2.05) is 0 Å². The highest BCUT2D eigenvalue weighted by Crippen LogP contribution is 2.34. The number of ether oxygens (including phenoxy) is 2. The third-order valence-electron chi connectivity index (χ3n) is 3.06. The van der Waals surface area contributed by atoms with Gasteiger partial charge in [0.1, 0.15) is 17.3 Å². The van der Waals surface area contributed by atoms with Crippen LogP contribution < -0.4 is 9.47 Å². The molecule has 1 aliphatic rings.